The van der Waals surface area contributed by atoms with Crippen molar-refractivity contribution in [1.82, 2.24) is 10.3 Å². The topological polar surface area (TPSA) is 68.0 Å². The first-order chi connectivity index (χ1) is 6.44. The number of anilines is 1. The smallest absolute Gasteiger partial charge is 0.271 e. The Hall–Kier alpha value is -1.10. The maximum absolute atomic E-state index is 11.6. The van der Waals surface area contributed by atoms with Crippen molar-refractivity contribution in [2.45, 2.75) is 32.7 Å². The summed E-state index contributed by atoms with van der Waals surface area (Å²) in [6.07, 6.45) is 0.873. The Bertz CT molecular complexity index is 333. The van der Waals surface area contributed by atoms with Gasteiger partial charge in [0.1, 0.15) is 5.69 Å². The Labute approximate surface area is 87.5 Å². The fraction of sp³-hybridized carbons (Fsp3) is 0.556. The van der Waals surface area contributed by atoms with Gasteiger partial charge in [-0.25, -0.2) is 4.98 Å². The van der Waals surface area contributed by atoms with Crippen LogP contribution in [0.4, 0.5) is 5.13 Å². The molecule has 0 fully saturated rings. The van der Waals surface area contributed by atoms with Crippen LogP contribution < -0.4 is 11.1 Å². The Morgan fingerprint density at radius 1 is 1.71 bits per heavy atom. The van der Waals surface area contributed by atoms with E-state index in [-0.39, 0.29) is 11.4 Å². The van der Waals surface area contributed by atoms with Crippen LogP contribution in [-0.2, 0) is 0 Å². The summed E-state index contributed by atoms with van der Waals surface area (Å²) in [5, 5.41) is 4.97. The Morgan fingerprint density at radius 3 is 2.79 bits per heavy atom. The van der Waals surface area contributed by atoms with Crippen molar-refractivity contribution in [2.75, 3.05) is 5.73 Å². The highest BCUT2D eigenvalue weighted by molar-refractivity contribution is 7.13. The largest absolute Gasteiger partial charge is 0.375 e. The number of thiazole rings is 1. The van der Waals surface area contributed by atoms with Gasteiger partial charge >= 0.3 is 0 Å². The first-order valence-electron chi connectivity index (χ1n) is 4.48. The minimum absolute atomic E-state index is 0.162. The number of nitrogen functional groups attached to an aromatic ring is 1. The van der Waals surface area contributed by atoms with Gasteiger partial charge in [-0.3, -0.25) is 4.79 Å². The summed E-state index contributed by atoms with van der Waals surface area (Å²) in [5.74, 6) is -0.162. The Balaban J connectivity index is 2.68. The van der Waals surface area contributed by atoms with E-state index in [2.05, 4.69) is 10.3 Å². The van der Waals surface area contributed by atoms with E-state index in [1.54, 1.807) is 5.38 Å². The molecule has 0 unspecified atom stereocenters. The van der Waals surface area contributed by atoms with Crippen LogP contribution in [-0.4, -0.2) is 16.4 Å². The van der Waals surface area contributed by atoms with E-state index in [4.69, 9.17) is 5.73 Å². The molecule has 0 aromatic carbocycles. The number of carbonyl (C=O) groups excluding carboxylic acids is 1. The highest BCUT2D eigenvalue weighted by Gasteiger charge is 2.20. The second-order valence-corrected chi connectivity index (χ2v) is 4.65. The number of hydrogen-bond donors (Lipinski definition) is 2. The average molecular weight is 213 g/mol. The molecule has 0 spiro atoms. The van der Waals surface area contributed by atoms with Crippen molar-refractivity contribution in [2.24, 2.45) is 0 Å². The van der Waals surface area contributed by atoms with Gasteiger partial charge in [0.2, 0.25) is 0 Å². The molecule has 1 amide bonds. The van der Waals surface area contributed by atoms with Gasteiger partial charge in [-0.15, -0.1) is 11.3 Å². The normalized spacial score (nSPS) is 11.4. The van der Waals surface area contributed by atoms with Crippen molar-refractivity contribution in [1.29, 1.82) is 0 Å². The van der Waals surface area contributed by atoms with Gasteiger partial charge in [-0.05, 0) is 20.3 Å². The van der Waals surface area contributed by atoms with E-state index < -0.39 is 0 Å². The first kappa shape index (κ1) is 11.0. The zero-order chi connectivity index (χ0) is 10.8. The summed E-state index contributed by atoms with van der Waals surface area (Å²) in [5.41, 5.74) is 5.64. The fourth-order valence-electron chi connectivity index (χ4n) is 0.852. The lowest BCUT2D eigenvalue weighted by molar-refractivity contribution is 0.0907. The zero-order valence-corrected chi connectivity index (χ0v) is 9.44. The molecule has 1 aromatic heterocycles. The molecule has 0 bridgehead atoms. The minimum Gasteiger partial charge on any atom is -0.375 e. The molecule has 0 aliphatic heterocycles. The van der Waals surface area contributed by atoms with Gasteiger partial charge in [-0.1, -0.05) is 6.92 Å². The number of hydrogen-bond acceptors (Lipinski definition) is 4. The average Bonchev–Trinajstić information content (AvgIpc) is 2.51. The summed E-state index contributed by atoms with van der Waals surface area (Å²) in [4.78, 5) is 15.5. The van der Waals surface area contributed by atoms with Crippen molar-refractivity contribution in [3.8, 4) is 0 Å². The predicted octanol–water partition coefficient (Wildman–Crippen LogP) is 1.64. The summed E-state index contributed by atoms with van der Waals surface area (Å²) in [6, 6.07) is 0. The molecule has 5 heteroatoms. The number of rotatable bonds is 3. The third kappa shape index (κ3) is 2.70. The van der Waals surface area contributed by atoms with Crippen LogP contribution in [0, 0.1) is 0 Å². The molecular weight excluding hydrogens is 198 g/mol. The van der Waals surface area contributed by atoms with Crippen LogP contribution >= 0.6 is 11.3 Å². The standard InChI is InChI=1S/C9H15N3OS/c1-4-9(2,3)12-7(13)6-5-14-8(10)11-6/h5H,4H2,1-3H3,(H2,10,11)(H,12,13). The number of carbonyl (C=O) groups is 1. The molecule has 0 atom stereocenters. The third-order valence-corrected chi connectivity index (χ3v) is 2.76. The molecular formula is C9H15N3OS. The number of aromatic nitrogens is 1. The summed E-state index contributed by atoms with van der Waals surface area (Å²) >= 11 is 1.27. The fourth-order valence-corrected chi connectivity index (χ4v) is 1.39. The highest BCUT2D eigenvalue weighted by atomic mass is 32.1. The van der Waals surface area contributed by atoms with Crippen molar-refractivity contribution in [3.05, 3.63) is 11.1 Å². The lowest BCUT2D eigenvalue weighted by Gasteiger charge is -2.23. The molecule has 14 heavy (non-hydrogen) atoms. The quantitative estimate of drug-likeness (QED) is 0.802. The second-order valence-electron chi connectivity index (χ2n) is 3.76. The molecule has 3 N–H and O–H groups in total. The van der Waals surface area contributed by atoms with Crippen LogP contribution in [0.15, 0.2) is 5.38 Å². The molecule has 4 nitrogen and oxygen atoms in total. The predicted molar refractivity (Wildman–Crippen MR) is 58.4 cm³/mol. The maximum Gasteiger partial charge on any atom is 0.271 e. The van der Waals surface area contributed by atoms with Crippen LogP contribution in [0.2, 0.25) is 0 Å². The minimum atomic E-state index is -0.199. The monoisotopic (exact) mass is 213 g/mol. The Kier molecular flexibility index (Phi) is 3.10. The summed E-state index contributed by atoms with van der Waals surface area (Å²) < 4.78 is 0. The molecule has 0 saturated carbocycles. The number of nitrogens with zero attached hydrogens (tertiary/aromatic N) is 1. The van der Waals surface area contributed by atoms with Gasteiger partial charge < -0.3 is 11.1 Å². The van der Waals surface area contributed by atoms with Gasteiger partial charge in [-0.2, -0.15) is 0 Å². The SMILES string of the molecule is CCC(C)(C)NC(=O)c1csc(N)n1. The molecule has 1 rings (SSSR count). The lowest BCUT2D eigenvalue weighted by atomic mass is 10.0. The molecule has 1 heterocycles. The lowest BCUT2D eigenvalue weighted by Crippen LogP contribution is -2.42. The molecule has 0 radical (unpaired) electrons. The van der Waals surface area contributed by atoms with Gasteiger partial charge in [0, 0.05) is 10.9 Å². The van der Waals surface area contributed by atoms with Gasteiger partial charge in [0.05, 0.1) is 0 Å². The van der Waals surface area contributed by atoms with Crippen molar-refractivity contribution in [3.63, 3.8) is 0 Å². The second kappa shape index (κ2) is 3.96. The molecule has 0 saturated heterocycles. The van der Waals surface area contributed by atoms with Gasteiger partial charge in [0.15, 0.2) is 5.13 Å². The number of amides is 1. The third-order valence-electron chi connectivity index (χ3n) is 2.09. The summed E-state index contributed by atoms with van der Waals surface area (Å²) in [7, 11) is 0. The van der Waals surface area contributed by atoms with Crippen LogP contribution in [0.25, 0.3) is 0 Å². The molecule has 1 aromatic rings. The van der Waals surface area contributed by atoms with Crippen LogP contribution in [0.5, 0.6) is 0 Å². The first-order valence-corrected chi connectivity index (χ1v) is 5.36. The Morgan fingerprint density at radius 2 is 2.36 bits per heavy atom. The molecule has 78 valence electrons. The van der Waals surface area contributed by atoms with Crippen LogP contribution in [0.3, 0.4) is 0 Å². The molecule has 0 aliphatic carbocycles. The van der Waals surface area contributed by atoms with E-state index in [1.165, 1.54) is 11.3 Å². The zero-order valence-electron chi connectivity index (χ0n) is 8.63. The van der Waals surface area contributed by atoms with E-state index >= 15 is 0 Å². The van der Waals surface area contributed by atoms with E-state index in [9.17, 15) is 4.79 Å². The summed E-state index contributed by atoms with van der Waals surface area (Å²) in [6.45, 7) is 5.97. The highest BCUT2D eigenvalue weighted by Crippen LogP contribution is 2.13. The molecule has 0 aliphatic rings. The number of nitrogens with two attached hydrogens (primary N) is 1. The van der Waals surface area contributed by atoms with Crippen molar-refractivity contribution >= 4 is 22.4 Å². The van der Waals surface area contributed by atoms with E-state index in [1.807, 2.05) is 20.8 Å². The van der Waals surface area contributed by atoms with Gasteiger partial charge in [0.25, 0.3) is 5.91 Å². The van der Waals surface area contributed by atoms with E-state index in [0.717, 1.165) is 6.42 Å². The maximum atomic E-state index is 11.6. The van der Waals surface area contributed by atoms with E-state index in [0.29, 0.717) is 10.8 Å². The number of nitrogens with one attached hydrogen (secondary N) is 1. The van der Waals surface area contributed by atoms with Crippen LogP contribution in [0.1, 0.15) is 37.7 Å². The van der Waals surface area contributed by atoms with Crippen molar-refractivity contribution < 1.29 is 4.79 Å².